The van der Waals surface area contributed by atoms with Crippen molar-refractivity contribution < 1.29 is 13.2 Å². The van der Waals surface area contributed by atoms with Gasteiger partial charge >= 0.3 is 0 Å². The molecular weight excluding hydrogens is 360 g/mol. The van der Waals surface area contributed by atoms with Gasteiger partial charge in [-0.25, -0.2) is 8.42 Å². The molecule has 2 aliphatic carbocycles. The Morgan fingerprint density at radius 3 is 2.68 bits per heavy atom. The molecule has 25 heavy (non-hydrogen) atoms. The Morgan fingerprint density at radius 2 is 2.12 bits per heavy atom. The number of sulfonamides is 1. The number of hydrogen-bond acceptors (Lipinski definition) is 3. The van der Waals surface area contributed by atoms with Crippen LogP contribution in [0.25, 0.3) is 0 Å². The number of amides is 1. The summed E-state index contributed by atoms with van der Waals surface area (Å²) in [6, 6.07) is 6.60. The molecule has 0 radical (unpaired) electrons. The topological polar surface area (TPSA) is 66.5 Å². The largest absolute Gasteiger partial charge is 0.352 e. The highest BCUT2D eigenvalue weighted by atomic mass is 35.5. The molecule has 5 nitrogen and oxygen atoms in total. The summed E-state index contributed by atoms with van der Waals surface area (Å²) in [5.41, 5.74) is 0.401. The van der Waals surface area contributed by atoms with Crippen molar-refractivity contribution >= 4 is 33.2 Å². The molecular formula is C18H25ClN2O3S. The van der Waals surface area contributed by atoms with E-state index in [1.165, 1.54) is 25.7 Å². The van der Waals surface area contributed by atoms with Gasteiger partial charge in [0, 0.05) is 11.1 Å². The van der Waals surface area contributed by atoms with Gasteiger partial charge in [-0.3, -0.25) is 9.10 Å². The predicted octanol–water partition coefficient (Wildman–Crippen LogP) is 3.05. The molecule has 0 unspecified atom stereocenters. The molecule has 138 valence electrons. The third kappa shape index (κ3) is 4.29. The summed E-state index contributed by atoms with van der Waals surface area (Å²) in [5, 5.41) is 3.45. The second-order valence-corrected chi connectivity index (χ2v) is 9.79. The molecule has 1 N–H and O–H groups in total. The van der Waals surface area contributed by atoms with Crippen molar-refractivity contribution in [3.8, 4) is 0 Å². The van der Waals surface area contributed by atoms with Crippen LogP contribution in [-0.2, 0) is 14.8 Å². The lowest BCUT2D eigenvalue weighted by Gasteiger charge is -2.29. The number of nitrogens with one attached hydrogen (secondary N) is 1. The van der Waals surface area contributed by atoms with Crippen molar-refractivity contribution in [3.63, 3.8) is 0 Å². The minimum atomic E-state index is -3.58. The first-order valence-corrected chi connectivity index (χ1v) is 11.0. The van der Waals surface area contributed by atoms with Crippen molar-refractivity contribution in [1.82, 2.24) is 5.32 Å². The van der Waals surface area contributed by atoms with Crippen molar-refractivity contribution in [1.29, 1.82) is 0 Å². The van der Waals surface area contributed by atoms with E-state index in [-0.39, 0.29) is 18.5 Å². The highest BCUT2D eigenvalue weighted by molar-refractivity contribution is 7.92. The fourth-order valence-corrected chi connectivity index (χ4v) is 5.51. The van der Waals surface area contributed by atoms with Crippen molar-refractivity contribution in [3.05, 3.63) is 29.3 Å². The van der Waals surface area contributed by atoms with Crippen LogP contribution in [0.4, 0.5) is 5.69 Å². The first-order valence-electron chi connectivity index (χ1n) is 8.76. The third-order valence-electron chi connectivity index (χ3n) is 5.61. The maximum absolute atomic E-state index is 12.5. The van der Waals surface area contributed by atoms with Gasteiger partial charge in [0.25, 0.3) is 0 Å². The summed E-state index contributed by atoms with van der Waals surface area (Å²) in [6.07, 6.45) is 6.13. The van der Waals surface area contributed by atoms with Crippen LogP contribution in [0.2, 0.25) is 5.02 Å². The first kappa shape index (κ1) is 18.5. The van der Waals surface area contributed by atoms with Gasteiger partial charge in [0.15, 0.2) is 0 Å². The van der Waals surface area contributed by atoms with E-state index in [0.29, 0.717) is 22.5 Å². The van der Waals surface area contributed by atoms with Crippen molar-refractivity contribution in [2.45, 2.75) is 38.6 Å². The Labute approximate surface area is 154 Å². The Kier molecular flexibility index (Phi) is 5.30. The second-order valence-electron chi connectivity index (χ2n) is 7.44. The molecule has 0 heterocycles. The molecule has 1 aromatic carbocycles. The fraction of sp³-hybridized carbons (Fsp3) is 0.611. The summed E-state index contributed by atoms with van der Waals surface area (Å²) >= 11 is 5.96. The van der Waals surface area contributed by atoms with Gasteiger partial charge in [0.05, 0.1) is 11.9 Å². The van der Waals surface area contributed by atoms with Gasteiger partial charge in [-0.15, -0.1) is 0 Å². The molecule has 0 aliphatic heterocycles. The monoisotopic (exact) mass is 384 g/mol. The number of carbonyl (C=O) groups is 1. The first-order chi connectivity index (χ1) is 11.7. The van der Waals surface area contributed by atoms with Crippen LogP contribution >= 0.6 is 11.6 Å². The maximum atomic E-state index is 12.5. The molecule has 2 aliphatic rings. The standard InChI is InChI=1S/C18H25ClN2O3S/c1-12(17-9-13-6-7-14(17)8-13)20-18(22)11-21(25(2,23)24)16-5-3-4-15(19)10-16/h3-5,10,12-14,17H,6-9,11H2,1-2H3,(H,20,22)/t12-,13+,14+,17+/m0/s1. The predicted molar refractivity (Wildman–Crippen MR) is 100 cm³/mol. The molecule has 4 atom stereocenters. The quantitative estimate of drug-likeness (QED) is 0.819. The van der Waals surface area contributed by atoms with Crippen LogP contribution in [0.3, 0.4) is 0 Å². The minimum absolute atomic E-state index is 0.0728. The summed E-state index contributed by atoms with van der Waals surface area (Å²) in [5.74, 6) is 1.76. The molecule has 0 aromatic heterocycles. The molecule has 1 aromatic rings. The number of rotatable bonds is 6. The van der Waals surface area contributed by atoms with E-state index in [1.807, 2.05) is 6.92 Å². The highest BCUT2D eigenvalue weighted by Gasteiger charge is 2.42. The summed E-state index contributed by atoms with van der Waals surface area (Å²) in [7, 11) is -3.58. The van der Waals surface area contributed by atoms with Crippen LogP contribution in [-0.4, -0.2) is 33.2 Å². The molecule has 0 saturated heterocycles. The minimum Gasteiger partial charge on any atom is -0.352 e. The van der Waals surface area contributed by atoms with Gasteiger partial charge in [0.2, 0.25) is 15.9 Å². The normalized spacial score (nSPS) is 26.4. The van der Waals surface area contributed by atoms with E-state index < -0.39 is 10.0 Å². The number of hydrogen-bond donors (Lipinski definition) is 1. The lowest BCUT2D eigenvalue weighted by molar-refractivity contribution is -0.120. The summed E-state index contributed by atoms with van der Waals surface area (Å²) in [6.45, 7) is 1.80. The third-order valence-corrected chi connectivity index (χ3v) is 6.98. The number of benzene rings is 1. The molecule has 1 amide bonds. The lowest BCUT2D eigenvalue weighted by atomic mass is 9.84. The van der Waals surface area contributed by atoms with Gasteiger partial charge < -0.3 is 5.32 Å². The average Bonchev–Trinajstić information content (AvgIpc) is 3.14. The van der Waals surface area contributed by atoms with Crippen LogP contribution in [0.5, 0.6) is 0 Å². The number of anilines is 1. The Morgan fingerprint density at radius 1 is 1.36 bits per heavy atom. The summed E-state index contributed by atoms with van der Waals surface area (Å²) < 4.78 is 25.4. The Balaban J connectivity index is 1.66. The van der Waals surface area contributed by atoms with Gasteiger partial charge in [0.1, 0.15) is 6.54 Å². The van der Waals surface area contributed by atoms with Crippen molar-refractivity contribution in [2.75, 3.05) is 17.1 Å². The molecule has 2 fully saturated rings. The van der Waals surface area contributed by atoms with Gasteiger partial charge in [-0.2, -0.15) is 0 Å². The molecule has 0 spiro atoms. The van der Waals surface area contributed by atoms with E-state index >= 15 is 0 Å². The fourth-order valence-electron chi connectivity index (χ4n) is 4.47. The van der Waals surface area contributed by atoms with E-state index in [0.717, 1.165) is 16.5 Å². The number of nitrogens with zero attached hydrogens (tertiary/aromatic N) is 1. The SMILES string of the molecule is C[C@H](NC(=O)CN(c1cccc(Cl)c1)S(C)(=O)=O)[C@H]1C[C@@H]2CC[C@@H]1C2. The van der Waals surface area contributed by atoms with Crippen LogP contribution in [0.1, 0.15) is 32.6 Å². The Bertz CT molecular complexity index is 752. The van der Waals surface area contributed by atoms with E-state index in [9.17, 15) is 13.2 Å². The summed E-state index contributed by atoms with van der Waals surface area (Å²) in [4.78, 5) is 12.5. The zero-order valence-corrected chi connectivity index (χ0v) is 16.2. The number of fused-ring (bicyclic) bond motifs is 2. The molecule has 2 saturated carbocycles. The molecule has 3 rings (SSSR count). The smallest absolute Gasteiger partial charge is 0.240 e. The maximum Gasteiger partial charge on any atom is 0.240 e. The molecule has 7 heteroatoms. The zero-order chi connectivity index (χ0) is 18.2. The Hall–Kier alpha value is -1.27. The average molecular weight is 385 g/mol. The number of carbonyl (C=O) groups excluding carboxylic acids is 1. The molecule has 2 bridgehead atoms. The van der Waals surface area contributed by atoms with Gasteiger partial charge in [-0.05, 0) is 62.1 Å². The highest BCUT2D eigenvalue weighted by Crippen LogP contribution is 2.49. The van der Waals surface area contributed by atoms with Crippen molar-refractivity contribution in [2.24, 2.45) is 17.8 Å². The van der Waals surface area contributed by atoms with E-state index in [4.69, 9.17) is 11.6 Å². The van der Waals surface area contributed by atoms with Crippen LogP contribution in [0, 0.1) is 17.8 Å². The zero-order valence-electron chi connectivity index (χ0n) is 14.6. The van der Waals surface area contributed by atoms with Crippen LogP contribution in [0.15, 0.2) is 24.3 Å². The van der Waals surface area contributed by atoms with Crippen LogP contribution < -0.4 is 9.62 Å². The van der Waals surface area contributed by atoms with E-state index in [2.05, 4.69) is 5.32 Å². The van der Waals surface area contributed by atoms with E-state index in [1.54, 1.807) is 24.3 Å². The second kappa shape index (κ2) is 7.16. The lowest BCUT2D eigenvalue weighted by Crippen LogP contribution is -2.46. The van der Waals surface area contributed by atoms with Gasteiger partial charge in [-0.1, -0.05) is 24.1 Å². The number of halogens is 1.